The number of aromatic nitrogens is 2. The summed E-state index contributed by atoms with van der Waals surface area (Å²) in [4.78, 5) is 21.8. The van der Waals surface area contributed by atoms with Gasteiger partial charge in [0.25, 0.3) is 0 Å². The molecule has 3 heterocycles. The van der Waals surface area contributed by atoms with Crippen LogP contribution >= 0.6 is 6.75 Å². The van der Waals surface area contributed by atoms with E-state index in [4.69, 9.17) is 0 Å². The summed E-state index contributed by atoms with van der Waals surface area (Å²) in [5.74, 6) is -0.595. The molecular weight excluding hydrogens is 525 g/mol. The normalized spacial score (nSPS) is 18.4. The molecule has 0 amide bonds. The van der Waals surface area contributed by atoms with Crippen molar-refractivity contribution in [3.05, 3.63) is 151 Å². The van der Waals surface area contributed by atoms with Gasteiger partial charge in [0.2, 0.25) is 0 Å². The van der Waals surface area contributed by atoms with Gasteiger partial charge in [-0.15, -0.1) is 0 Å². The van der Waals surface area contributed by atoms with Gasteiger partial charge >= 0.3 is 242 Å². The molecule has 206 valence electrons. The molecule has 1 aliphatic heterocycles. The zero-order valence-corrected chi connectivity index (χ0v) is 23.8. The zero-order chi connectivity index (χ0) is 28.1. The van der Waals surface area contributed by atoms with Crippen LogP contribution in [-0.2, 0) is 17.4 Å². The Morgan fingerprint density at radius 3 is 1.56 bits per heavy atom. The Morgan fingerprint density at radius 1 is 0.683 bits per heavy atom. The number of hydrogen-bond acceptors (Lipinski definition) is 4. The molecule has 6 heteroatoms. The summed E-state index contributed by atoms with van der Waals surface area (Å²) < 4.78 is 2.43. The molecule has 0 aliphatic carbocycles. The summed E-state index contributed by atoms with van der Waals surface area (Å²) in [6.07, 6.45) is 9.37. The van der Waals surface area contributed by atoms with E-state index in [2.05, 4.69) is 99.6 Å². The van der Waals surface area contributed by atoms with E-state index in [1.54, 1.807) is 0 Å². The Morgan fingerprint density at radius 2 is 1.12 bits per heavy atom. The summed E-state index contributed by atoms with van der Waals surface area (Å²) in [6.45, 7) is -3.03. The molecule has 0 saturated carbocycles. The Kier molecular flexibility index (Phi) is 7.49. The van der Waals surface area contributed by atoms with Gasteiger partial charge in [-0.1, -0.05) is 0 Å². The number of aliphatic carboxylic acids is 1. The monoisotopic (exact) mass is 559 g/mol. The molecule has 3 aromatic carbocycles. The summed E-state index contributed by atoms with van der Waals surface area (Å²) in [6, 6.07) is 39.6. The average molecular weight is 560 g/mol. The molecule has 0 spiro atoms. The van der Waals surface area contributed by atoms with Crippen molar-refractivity contribution in [2.75, 3.05) is 6.54 Å². The molecule has 6 rings (SSSR count). The van der Waals surface area contributed by atoms with Gasteiger partial charge in [-0.2, -0.15) is 0 Å². The van der Waals surface area contributed by atoms with Crippen molar-refractivity contribution in [1.29, 1.82) is 0 Å². The van der Waals surface area contributed by atoms with Crippen LogP contribution in [0.3, 0.4) is 0 Å². The fraction of sp³-hybridized carbons (Fsp3) is 0.171. The van der Waals surface area contributed by atoms with E-state index in [1.807, 2.05) is 55.1 Å². The summed E-state index contributed by atoms with van der Waals surface area (Å²) in [5.41, 5.74) is 2.32. The number of benzene rings is 3. The number of pyridine rings is 2. The predicted octanol–water partition coefficient (Wildman–Crippen LogP) is 5.44. The van der Waals surface area contributed by atoms with Crippen molar-refractivity contribution in [3.8, 4) is 0 Å². The fourth-order valence-electron chi connectivity index (χ4n) is 6.97. The van der Waals surface area contributed by atoms with Crippen LogP contribution in [-0.4, -0.2) is 38.3 Å². The van der Waals surface area contributed by atoms with Gasteiger partial charge in [-0.05, 0) is 0 Å². The minimum atomic E-state index is -3.70. The van der Waals surface area contributed by atoms with Crippen LogP contribution in [0.5, 0.6) is 0 Å². The van der Waals surface area contributed by atoms with Gasteiger partial charge in [-0.25, -0.2) is 0 Å². The molecule has 1 aliphatic rings. The SMILES string of the molecule is O=C(O)[C@@H]1CC(Cc2ccncc2)CN1P(Cc1ccncc1)(c1ccccc1)(c1ccccc1)c1ccccc1. The number of carboxylic acid groups (broad SMARTS) is 1. The molecule has 1 saturated heterocycles. The van der Waals surface area contributed by atoms with Gasteiger partial charge in [0, 0.05) is 0 Å². The maximum absolute atomic E-state index is 13.3. The van der Waals surface area contributed by atoms with E-state index < -0.39 is 18.8 Å². The van der Waals surface area contributed by atoms with Crippen LogP contribution in [0.25, 0.3) is 0 Å². The van der Waals surface area contributed by atoms with E-state index in [1.165, 1.54) is 21.5 Å². The van der Waals surface area contributed by atoms with E-state index in [9.17, 15) is 9.90 Å². The molecule has 2 aromatic heterocycles. The third-order valence-corrected chi connectivity index (χ3v) is 15.5. The Bertz CT molecular complexity index is 1490. The third-order valence-electron chi connectivity index (χ3n) is 8.66. The van der Waals surface area contributed by atoms with Crippen LogP contribution in [0.1, 0.15) is 17.5 Å². The topological polar surface area (TPSA) is 66.3 Å². The van der Waals surface area contributed by atoms with Gasteiger partial charge in [-0.3, -0.25) is 0 Å². The van der Waals surface area contributed by atoms with Crippen molar-refractivity contribution in [2.45, 2.75) is 25.0 Å². The first-order valence-corrected chi connectivity index (χ1v) is 16.4. The van der Waals surface area contributed by atoms with Crippen LogP contribution in [0.4, 0.5) is 0 Å². The zero-order valence-electron chi connectivity index (χ0n) is 22.9. The van der Waals surface area contributed by atoms with Gasteiger partial charge in [0.15, 0.2) is 0 Å². The molecule has 41 heavy (non-hydrogen) atoms. The number of nitrogens with zero attached hydrogens (tertiary/aromatic N) is 3. The molecule has 1 fully saturated rings. The minimum absolute atomic E-state index is 0.175. The maximum atomic E-state index is 13.3. The molecule has 1 N–H and O–H groups in total. The summed E-state index contributed by atoms with van der Waals surface area (Å²) in [7, 11) is 0. The first-order chi connectivity index (χ1) is 20.1. The molecule has 2 atom stereocenters. The summed E-state index contributed by atoms with van der Waals surface area (Å²) in [5, 5.41) is 14.4. The number of rotatable bonds is 9. The van der Waals surface area contributed by atoms with Gasteiger partial charge in [0.1, 0.15) is 0 Å². The third kappa shape index (κ3) is 4.65. The molecule has 5 aromatic rings. The Labute approximate surface area is 241 Å². The van der Waals surface area contributed by atoms with E-state index >= 15 is 0 Å². The van der Waals surface area contributed by atoms with Crippen LogP contribution in [0.15, 0.2) is 140 Å². The van der Waals surface area contributed by atoms with Crippen molar-refractivity contribution < 1.29 is 9.90 Å². The Hall–Kier alpha value is -4.18. The molecule has 5 nitrogen and oxygen atoms in total. The second-order valence-corrected chi connectivity index (χ2v) is 15.8. The van der Waals surface area contributed by atoms with E-state index in [0.29, 0.717) is 19.1 Å². The van der Waals surface area contributed by atoms with E-state index in [-0.39, 0.29) is 5.92 Å². The number of carboxylic acids is 1. The molecule has 0 bridgehead atoms. The van der Waals surface area contributed by atoms with Crippen molar-refractivity contribution in [1.82, 2.24) is 14.6 Å². The van der Waals surface area contributed by atoms with Crippen LogP contribution < -0.4 is 15.9 Å². The number of carbonyl (C=O) groups is 1. The average Bonchev–Trinajstić information content (AvgIpc) is 3.47. The Balaban J connectivity index is 1.70. The van der Waals surface area contributed by atoms with Gasteiger partial charge in [0.05, 0.1) is 0 Å². The fourth-order valence-corrected chi connectivity index (χ4v) is 14.2. The standard InChI is InChI=1S/C35H34N3O2P/c39-35(40)34-25-30(24-28-16-20-36-21-17-28)26-38(34)41(31-10-4-1-5-11-31,32-12-6-2-7-13-32,33-14-8-3-9-15-33)27-29-18-22-37-23-19-29/h1-23,30,34H,24-27H2,(H,39,40)/t30?,34-/m0/s1. The first kappa shape index (κ1) is 27.0. The number of hydrogen-bond donors (Lipinski definition) is 1. The molecular formula is C35H34N3O2P. The van der Waals surface area contributed by atoms with Crippen LogP contribution in [0.2, 0.25) is 0 Å². The van der Waals surface area contributed by atoms with Gasteiger partial charge < -0.3 is 0 Å². The second-order valence-electron chi connectivity index (χ2n) is 10.9. The van der Waals surface area contributed by atoms with Crippen molar-refractivity contribution >= 4 is 28.6 Å². The van der Waals surface area contributed by atoms with Crippen molar-refractivity contribution in [2.24, 2.45) is 5.92 Å². The predicted molar refractivity (Wildman–Crippen MR) is 167 cm³/mol. The van der Waals surface area contributed by atoms with E-state index in [0.717, 1.165) is 12.0 Å². The van der Waals surface area contributed by atoms with Crippen LogP contribution in [0, 0.1) is 5.92 Å². The second kappa shape index (κ2) is 11.4. The quantitative estimate of drug-likeness (QED) is 0.244. The first-order valence-electron chi connectivity index (χ1n) is 14.1. The molecule has 1 unspecified atom stereocenters. The summed E-state index contributed by atoms with van der Waals surface area (Å²) >= 11 is 0. The van der Waals surface area contributed by atoms with Crippen molar-refractivity contribution in [3.63, 3.8) is 0 Å². The molecule has 0 radical (unpaired) electrons.